The van der Waals surface area contributed by atoms with Gasteiger partial charge in [-0.3, -0.25) is 20.4 Å². The number of hydrogen-bond acceptors (Lipinski definition) is 3. The van der Waals surface area contributed by atoms with Crippen LogP contribution in [0, 0.1) is 5.92 Å². The highest BCUT2D eigenvalue weighted by Crippen LogP contribution is 2.23. The Labute approximate surface area is 140 Å². The van der Waals surface area contributed by atoms with Gasteiger partial charge in [0.25, 0.3) is 0 Å². The second-order valence-electron chi connectivity index (χ2n) is 5.46. The van der Waals surface area contributed by atoms with Crippen LogP contribution in [0.2, 0.25) is 5.02 Å². The molecule has 1 aliphatic carbocycles. The van der Waals surface area contributed by atoms with Crippen molar-refractivity contribution in [2.45, 2.75) is 37.9 Å². The molecule has 0 unspecified atom stereocenters. The van der Waals surface area contributed by atoms with Gasteiger partial charge in [0, 0.05) is 16.7 Å². The van der Waals surface area contributed by atoms with E-state index in [4.69, 9.17) is 11.6 Å². The predicted octanol–water partition coefficient (Wildman–Crippen LogP) is 3.30. The Kier molecular flexibility index (Phi) is 7.06. The number of thioether (sulfide) groups is 1. The van der Waals surface area contributed by atoms with Crippen LogP contribution in [0.1, 0.15) is 37.7 Å². The van der Waals surface area contributed by atoms with Gasteiger partial charge in [-0.15, -0.1) is 11.8 Å². The van der Waals surface area contributed by atoms with E-state index in [0.29, 0.717) is 10.8 Å². The molecule has 1 fully saturated rings. The van der Waals surface area contributed by atoms with Crippen molar-refractivity contribution in [2.24, 2.45) is 5.92 Å². The van der Waals surface area contributed by atoms with Crippen molar-refractivity contribution < 1.29 is 9.59 Å². The summed E-state index contributed by atoms with van der Waals surface area (Å²) < 4.78 is 0. The number of amides is 2. The Balaban J connectivity index is 1.63. The summed E-state index contributed by atoms with van der Waals surface area (Å²) >= 11 is 7.53. The van der Waals surface area contributed by atoms with Gasteiger partial charge in [-0.05, 0) is 24.5 Å². The number of rotatable bonds is 5. The molecule has 0 bridgehead atoms. The van der Waals surface area contributed by atoms with Gasteiger partial charge in [-0.1, -0.05) is 49.1 Å². The number of halogens is 1. The third-order valence-electron chi connectivity index (χ3n) is 3.75. The second kappa shape index (κ2) is 9.06. The summed E-state index contributed by atoms with van der Waals surface area (Å²) in [4.78, 5) is 23.6. The molecule has 2 rings (SSSR count). The molecule has 0 atom stereocenters. The van der Waals surface area contributed by atoms with Gasteiger partial charge in [0.1, 0.15) is 0 Å². The number of benzene rings is 1. The molecule has 22 heavy (non-hydrogen) atoms. The van der Waals surface area contributed by atoms with Gasteiger partial charge in [-0.25, -0.2) is 0 Å². The fraction of sp³-hybridized carbons (Fsp3) is 0.500. The third kappa shape index (κ3) is 5.54. The van der Waals surface area contributed by atoms with Crippen LogP contribution < -0.4 is 10.9 Å². The third-order valence-corrected chi connectivity index (χ3v) is 5.10. The molecule has 0 aliphatic heterocycles. The number of carbonyl (C=O) groups excluding carboxylic acids is 2. The lowest BCUT2D eigenvalue weighted by molar-refractivity contribution is -0.131. The van der Waals surface area contributed by atoms with E-state index < -0.39 is 0 Å². The molecular formula is C16H21ClN2O2S. The zero-order valence-electron chi connectivity index (χ0n) is 12.4. The zero-order chi connectivity index (χ0) is 15.8. The SMILES string of the molecule is O=C(CSCc1ccccc1Cl)NNC(=O)C1CCCCC1. The number of carbonyl (C=O) groups is 2. The minimum Gasteiger partial charge on any atom is -0.273 e. The van der Waals surface area contributed by atoms with Crippen LogP contribution in [0.5, 0.6) is 0 Å². The molecule has 0 radical (unpaired) electrons. The average Bonchev–Trinajstić information content (AvgIpc) is 2.55. The molecule has 120 valence electrons. The highest BCUT2D eigenvalue weighted by molar-refractivity contribution is 7.99. The molecule has 0 heterocycles. The Morgan fingerprint density at radius 3 is 2.59 bits per heavy atom. The lowest BCUT2D eigenvalue weighted by Crippen LogP contribution is -2.45. The maximum absolute atomic E-state index is 11.9. The topological polar surface area (TPSA) is 58.2 Å². The smallest absolute Gasteiger partial charge is 0.248 e. The van der Waals surface area contributed by atoms with E-state index in [1.807, 2.05) is 24.3 Å². The largest absolute Gasteiger partial charge is 0.273 e. The van der Waals surface area contributed by atoms with Crippen molar-refractivity contribution in [1.29, 1.82) is 0 Å². The van der Waals surface area contributed by atoms with Crippen LogP contribution >= 0.6 is 23.4 Å². The van der Waals surface area contributed by atoms with Crippen molar-refractivity contribution in [3.63, 3.8) is 0 Å². The first-order valence-electron chi connectivity index (χ1n) is 7.56. The number of hydrogen-bond donors (Lipinski definition) is 2. The molecule has 2 amide bonds. The zero-order valence-corrected chi connectivity index (χ0v) is 14.0. The minimum absolute atomic E-state index is 0.0461. The molecule has 1 aliphatic rings. The maximum atomic E-state index is 11.9. The van der Waals surface area contributed by atoms with Crippen LogP contribution in [0.15, 0.2) is 24.3 Å². The molecule has 0 spiro atoms. The van der Waals surface area contributed by atoms with Crippen LogP contribution in [-0.2, 0) is 15.3 Å². The Bertz CT molecular complexity index is 519. The molecule has 6 heteroatoms. The molecule has 1 saturated carbocycles. The van der Waals surface area contributed by atoms with Crippen LogP contribution in [0.3, 0.4) is 0 Å². The highest BCUT2D eigenvalue weighted by Gasteiger charge is 2.21. The first-order valence-corrected chi connectivity index (χ1v) is 9.10. The number of hydrazine groups is 1. The second-order valence-corrected chi connectivity index (χ2v) is 6.85. The van der Waals surface area contributed by atoms with Crippen LogP contribution in [0.4, 0.5) is 0 Å². The van der Waals surface area contributed by atoms with E-state index in [-0.39, 0.29) is 23.5 Å². The standard InChI is InChI=1S/C16H21ClN2O2S/c17-14-9-5-4-8-13(14)10-22-11-15(20)18-19-16(21)12-6-2-1-3-7-12/h4-5,8-9,12H,1-3,6-7,10-11H2,(H,18,20)(H,19,21). The van der Waals surface area contributed by atoms with Gasteiger partial charge < -0.3 is 0 Å². The summed E-state index contributed by atoms with van der Waals surface area (Å²) in [6, 6.07) is 7.58. The monoisotopic (exact) mass is 340 g/mol. The molecule has 1 aromatic rings. The summed E-state index contributed by atoms with van der Waals surface area (Å²) in [5.74, 6) is 0.745. The van der Waals surface area contributed by atoms with Gasteiger partial charge in [-0.2, -0.15) is 0 Å². The minimum atomic E-state index is -0.193. The van der Waals surface area contributed by atoms with E-state index in [9.17, 15) is 9.59 Å². The van der Waals surface area contributed by atoms with E-state index in [0.717, 1.165) is 31.2 Å². The summed E-state index contributed by atoms with van der Waals surface area (Å²) in [7, 11) is 0. The lowest BCUT2D eigenvalue weighted by Gasteiger charge is -2.20. The molecule has 2 N–H and O–H groups in total. The number of nitrogens with one attached hydrogen (secondary N) is 2. The molecule has 0 saturated heterocycles. The van der Waals surface area contributed by atoms with Crippen molar-refractivity contribution in [3.05, 3.63) is 34.9 Å². The summed E-state index contributed by atoms with van der Waals surface area (Å²) in [5, 5.41) is 0.709. The highest BCUT2D eigenvalue weighted by atomic mass is 35.5. The van der Waals surface area contributed by atoms with Crippen molar-refractivity contribution >= 4 is 35.2 Å². The summed E-state index contributed by atoms with van der Waals surface area (Å²) in [6.07, 6.45) is 5.24. The summed E-state index contributed by atoms with van der Waals surface area (Å²) in [5.41, 5.74) is 6.03. The van der Waals surface area contributed by atoms with E-state index in [1.165, 1.54) is 18.2 Å². The van der Waals surface area contributed by atoms with Gasteiger partial charge in [0.2, 0.25) is 11.8 Å². The van der Waals surface area contributed by atoms with Crippen molar-refractivity contribution in [3.8, 4) is 0 Å². The molecule has 1 aromatic carbocycles. The van der Waals surface area contributed by atoms with Crippen LogP contribution in [-0.4, -0.2) is 17.6 Å². The molecule has 0 aromatic heterocycles. The van der Waals surface area contributed by atoms with Gasteiger partial charge >= 0.3 is 0 Å². The Morgan fingerprint density at radius 1 is 1.14 bits per heavy atom. The van der Waals surface area contributed by atoms with Gasteiger partial charge in [0.05, 0.1) is 5.75 Å². The van der Waals surface area contributed by atoms with Gasteiger partial charge in [0.15, 0.2) is 0 Å². The quantitative estimate of drug-likeness (QED) is 0.808. The Morgan fingerprint density at radius 2 is 1.86 bits per heavy atom. The first-order chi connectivity index (χ1) is 10.7. The van der Waals surface area contributed by atoms with E-state index in [1.54, 1.807) is 0 Å². The maximum Gasteiger partial charge on any atom is 0.248 e. The van der Waals surface area contributed by atoms with E-state index >= 15 is 0 Å². The summed E-state index contributed by atoms with van der Waals surface area (Å²) in [6.45, 7) is 0. The predicted molar refractivity (Wildman–Crippen MR) is 90.5 cm³/mol. The normalized spacial score (nSPS) is 15.3. The molecule has 4 nitrogen and oxygen atoms in total. The lowest BCUT2D eigenvalue weighted by atomic mass is 9.89. The van der Waals surface area contributed by atoms with E-state index in [2.05, 4.69) is 10.9 Å². The Hall–Kier alpha value is -1.20. The van der Waals surface area contributed by atoms with Crippen molar-refractivity contribution in [2.75, 3.05) is 5.75 Å². The van der Waals surface area contributed by atoms with Crippen molar-refractivity contribution in [1.82, 2.24) is 10.9 Å². The fourth-order valence-corrected chi connectivity index (χ4v) is 3.62. The molecular weight excluding hydrogens is 320 g/mol. The first kappa shape index (κ1) is 17.2. The van der Waals surface area contributed by atoms with Crippen LogP contribution in [0.25, 0.3) is 0 Å². The average molecular weight is 341 g/mol. The fourth-order valence-electron chi connectivity index (χ4n) is 2.50.